The zero-order chi connectivity index (χ0) is 18.9. The number of hydrogen-bond acceptors (Lipinski definition) is 5. The molecule has 136 valence electrons. The molecule has 9 heteroatoms. The van der Waals surface area contributed by atoms with Crippen LogP contribution in [0.3, 0.4) is 0 Å². The lowest BCUT2D eigenvalue weighted by Crippen LogP contribution is -2.27. The van der Waals surface area contributed by atoms with E-state index in [1.54, 1.807) is 22.7 Å². The standard InChI is InChI=1S/C17H19N5O3S/c1-11-9-16-20-15(10-12(2)22(16)21-11)17(23)19-8-7-13-3-5-14(6-4-13)26(18,24)25/h3-6,9-10H,7-8H2,1-2H3,(H,19,23)(H2,18,24,25). The highest BCUT2D eigenvalue weighted by atomic mass is 32.2. The average molecular weight is 373 g/mol. The number of benzene rings is 1. The number of aromatic nitrogens is 3. The molecule has 0 aliphatic heterocycles. The second-order valence-electron chi connectivity index (χ2n) is 6.03. The molecule has 0 aliphatic carbocycles. The Morgan fingerprint density at radius 3 is 2.54 bits per heavy atom. The minimum atomic E-state index is -3.70. The number of primary sulfonamides is 1. The highest BCUT2D eigenvalue weighted by Crippen LogP contribution is 2.10. The third kappa shape index (κ3) is 3.89. The quantitative estimate of drug-likeness (QED) is 0.690. The Bertz CT molecular complexity index is 1070. The lowest BCUT2D eigenvalue weighted by atomic mass is 10.1. The summed E-state index contributed by atoms with van der Waals surface area (Å²) >= 11 is 0. The van der Waals surface area contributed by atoms with Gasteiger partial charge in [0.2, 0.25) is 10.0 Å². The third-order valence-electron chi connectivity index (χ3n) is 3.91. The van der Waals surface area contributed by atoms with E-state index in [4.69, 9.17) is 5.14 Å². The van der Waals surface area contributed by atoms with Crippen LogP contribution >= 0.6 is 0 Å². The maximum Gasteiger partial charge on any atom is 0.270 e. The summed E-state index contributed by atoms with van der Waals surface area (Å²) < 4.78 is 24.2. The maximum atomic E-state index is 12.3. The molecule has 1 amide bonds. The third-order valence-corrected chi connectivity index (χ3v) is 4.84. The molecule has 0 spiro atoms. The van der Waals surface area contributed by atoms with Gasteiger partial charge in [-0.05, 0) is 44.0 Å². The van der Waals surface area contributed by atoms with E-state index in [1.807, 2.05) is 19.9 Å². The van der Waals surface area contributed by atoms with Crippen molar-refractivity contribution in [1.82, 2.24) is 19.9 Å². The van der Waals surface area contributed by atoms with Crippen LogP contribution in [0.15, 0.2) is 41.3 Å². The van der Waals surface area contributed by atoms with Gasteiger partial charge >= 0.3 is 0 Å². The van der Waals surface area contributed by atoms with Gasteiger partial charge in [-0.1, -0.05) is 12.1 Å². The van der Waals surface area contributed by atoms with Crippen molar-refractivity contribution in [2.24, 2.45) is 5.14 Å². The topological polar surface area (TPSA) is 119 Å². The van der Waals surface area contributed by atoms with Gasteiger partial charge in [0, 0.05) is 18.3 Å². The number of fused-ring (bicyclic) bond motifs is 1. The highest BCUT2D eigenvalue weighted by Gasteiger charge is 2.12. The number of nitrogens with one attached hydrogen (secondary N) is 1. The number of nitrogens with zero attached hydrogens (tertiary/aromatic N) is 3. The summed E-state index contributed by atoms with van der Waals surface area (Å²) in [6.07, 6.45) is 0.559. The molecule has 2 aromatic heterocycles. The summed E-state index contributed by atoms with van der Waals surface area (Å²) in [7, 11) is -3.70. The predicted octanol–water partition coefficient (Wildman–Crippen LogP) is 0.966. The first kappa shape index (κ1) is 18.0. The zero-order valence-electron chi connectivity index (χ0n) is 14.4. The van der Waals surface area contributed by atoms with Crippen LogP contribution in [0.5, 0.6) is 0 Å². The molecule has 0 saturated heterocycles. The lowest BCUT2D eigenvalue weighted by Gasteiger charge is -2.07. The summed E-state index contributed by atoms with van der Waals surface area (Å²) in [6, 6.07) is 9.76. The van der Waals surface area contributed by atoms with E-state index in [9.17, 15) is 13.2 Å². The van der Waals surface area contributed by atoms with E-state index in [2.05, 4.69) is 15.4 Å². The predicted molar refractivity (Wildman–Crippen MR) is 96.3 cm³/mol. The summed E-state index contributed by atoms with van der Waals surface area (Å²) in [5.41, 5.74) is 3.52. The van der Waals surface area contributed by atoms with E-state index in [0.29, 0.717) is 24.3 Å². The van der Waals surface area contributed by atoms with E-state index < -0.39 is 10.0 Å². The first-order valence-electron chi connectivity index (χ1n) is 7.98. The van der Waals surface area contributed by atoms with Crippen LogP contribution in [0.4, 0.5) is 0 Å². The molecule has 0 radical (unpaired) electrons. The monoisotopic (exact) mass is 373 g/mol. The second-order valence-corrected chi connectivity index (χ2v) is 7.59. The van der Waals surface area contributed by atoms with Gasteiger partial charge in [-0.15, -0.1) is 0 Å². The first-order chi connectivity index (χ1) is 12.2. The smallest absolute Gasteiger partial charge is 0.270 e. The van der Waals surface area contributed by atoms with Crippen molar-refractivity contribution in [3.63, 3.8) is 0 Å². The normalized spacial score (nSPS) is 11.7. The molecule has 26 heavy (non-hydrogen) atoms. The van der Waals surface area contributed by atoms with Gasteiger partial charge in [-0.2, -0.15) is 5.10 Å². The lowest BCUT2D eigenvalue weighted by molar-refractivity contribution is 0.0949. The molecule has 0 fully saturated rings. The molecular formula is C17H19N5O3S. The van der Waals surface area contributed by atoms with Crippen molar-refractivity contribution in [3.05, 3.63) is 59.0 Å². The zero-order valence-corrected chi connectivity index (χ0v) is 15.2. The van der Waals surface area contributed by atoms with Crippen molar-refractivity contribution in [1.29, 1.82) is 0 Å². The molecule has 0 unspecified atom stereocenters. The van der Waals surface area contributed by atoms with Crippen molar-refractivity contribution in [2.45, 2.75) is 25.2 Å². The number of hydrogen-bond donors (Lipinski definition) is 2. The summed E-state index contributed by atoms with van der Waals surface area (Å²) in [5, 5.41) is 12.2. The number of amides is 1. The molecule has 8 nitrogen and oxygen atoms in total. The second kappa shape index (κ2) is 6.85. The summed E-state index contributed by atoms with van der Waals surface area (Å²) in [6.45, 7) is 4.14. The van der Waals surface area contributed by atoms with Crippen molar-refractivity contribution in [3.8, 4) is 0 Å². The summed E-state index contributed by atoms with van der Waals surface area (Å²) in [5.74, 6) is -0.268. The van der Waals surface area contributed by atoms with Crippen LogP contribution in [0.2, 0.25) is 0 Å². The molecular weight excluding hydrogens is 354 g/mol. The van der Waals surface area contributed by atoms with Gasteiger partial charge in [0.25, 0.3) is 5.91 Å². The summed E-state index contributed by atoms with van der Waals surface area (Å²) in [4.78, 5) is 16.7. The van der Waals surface area contributed by atoms with Gasteiger partial charge < -0.3 is 5.32 Å². The minimum absolute atomic E-state index is 0.0642. The van der Waals surface area contributed by atoms with Crippen LogP contribution < -0.4 is 10.5 Å². The van der Waals surface area contributed by atoms with E-state index in [1.165, 1.54) is 12.1 Å². The van der Waals surface area contributed by atoms with Crippen LogP contribution in [0, 0.1) is 13.8 Å². The van der Waals surface area contributed by atoms with Crippen LogP contribution in [0.25, 0.3) is 5.65 Å². The van der Waals surface area contributed by atoms with Gasteiger partial charge in [0.15, 0.2) is 5.65 Å². The number of aryl methyl sites for hydroxylation is 2. The average Bonchev–Trinajstić information content (AvgIpc) is 2.95. The number of nitrogens with two attached hydrogens (primary N) is 1. The molecule has 3 aromatic rings. The molecule has 2 heterocycles. The molecule has 1 aromatic carbocycles. The Kier molecular flexibility index (Phi) is 4.75. The highest BCUT2D eigenvalue weighted by molar-refractivity contribution is 7.89. The SMILES string of the molecule is Cc1cc2nc(C(=O)NCCc3ccc(S(N)(=O)=O)cc3)cc(C)n2n1. The van der Waals surface area contributed by atoms with Crippen LogP contribution in [0.1, 0.15) is 27.4 Å². The molecule has 0 saturated carbocycles. The Balaban J connectivity index is 1.64. The Labute approximate surface area is 151 Å². The largest absolute Gasteiger partial charge is 0.350 e. The number of carbonyl (C=O) groups excluding carboxylic acids is 1. The Morgan fingerprint density at radius 1 is 1.19 bits per heavy atom. The first-order valence-corrected chi connectivity index (χ1v) is 9.52. The number of carbonyl (C=O) groups is 1. The van der Waals surface area contributed by atoms with Crippen LogP contribution in [-0.2, 0) is 16.4 Å². The van der Waals surface area contributed by atoms with Crippen molar-refractivity contribution in [2.75, 3.05) is 6.54 Å². The van der Waals surface area contributed by atoms with E-state index in [-0.39, 0.29) is 10.8 Å². The molecule has 0 aliphatic rings. The molecule has 3 N–H and O–H groups in total. The van der Waals surface area contributed by atoms with Crippen LogP contribution in [-0.4, -0.2) is 35.5 Å². The van der Waals surface area contributed by atoms with Crippen molar-refractivity contribution < 1.29 is 13.2 Å². The maximum absolute atomic E-state index is 12.3. The number of sulfonamides is 1. The molecule has 0 atom stereocenters. The Morgan fingerprint density at radius 2 is 1.88 bits per heavy atom. The molecule has 0 bridgehead atoms. The molecule has 3 rings (SSSR count). The van der Waals surface area contributed by atoms with Gasteiger partial charge in [-0.25, -0.2) is 23.1 Å². The van der Waals surface area contributed by atoms with E-state index in [0.717, 1.165) is 17.0 Å². The minimum Gasteiger partial charge on any atom is -0.350 e. The fourth-order valence-corrected chi connectivity index (χ4v) is 3.13. The van der Waals surface area contributed by atoms with Gasteiger partial charge in [-0.3, -0.25) is 4.79 Å². The van der Waals surface area contributed by atoms with E-state index >= 15 is 0 Å². The fourth-order valence-electron chi connectivity index (χ4n) is 2.61. The fraction of sp³-hybridized carbons (Fsp3) is 0.235. The Hall–Kier alpha value is -2.78. The van der Waals surface area contributed by atoms with Crippen molar-refractivity contribution >= 4 is 21.6 Å². The van der Waals surface area contributed by atoms with Gasteiger partial charge in [0.05, 0.1) is 10.6 Å². The van der Waals surface area contributed by atoms with Gasteiger partial charge in [0.1, 0.15) is 5.69 Å². The number of rotatable bonds is 5.